The van der Waals surface area contributed by atoms with Gasteiger partial charge in [0.25, 0.3) is 0 Å². The molecule has 0 spiro atoms. The average molecular weight is 245 g/mol. The van der Waals surface area contributed by atoms with Gasteiger partial charge < -0.3 is 0 Å². The topological polar surface area (TPSA) is 20.3 Å². The molecule has 0 bridgehead atoms. The SMILES string of the molecule is CC(C(=O)c1ccccc1)N1CCCCCCC1. The molecule has 1 atom stereocenters. The molecule has 1 aliphatic rings. The maximum absolute atomic E-state index is 12.4. The molecule has 2 rings (SSSR count). The monoisotopic (exact) mass is 245 g/mol. The van der Waals surface area contributed by atoms with Gasteiger partial charge in [0.15, 0.2) is 5.78 Å². The van der Waals surface area contributed by atoms with Crippen LogP contribution in [-0.2, 0) is 0 Å². The van der Waals surface area contributed by atoms with Gasteiger partial charge >= 0.3 is 0 Å². The van der Waals surface area contributed by atoms with Crippen molar-refractivity contribution in [3.8, 4) is 0 Å². The predicted octanol–water partition coefficient (Wildman–Crippen LogP) is 3.52. The first kappa shape index (κ1) is 13.3. The summed E-state index contributed by atoms with van der Waals surface area (Å²) in [6.07, 6.45) is 6.43. The number of carbonyl (C=O) groups excluding carboxylic acids is 1. The van der Waals surface area contributed by atoms with Crippen LogP contribution in [0.15, 0.2) is 30.3 Å². The van der Waals surface area contributed by atoms with Gasteiger partial charge in [0.05, 0.1) is 6.04 Å². The van der Waals surface area contributed by atoms with E-state index in [9.17, 15) is 4.79 Å². The number of rotatable bonds is 3. The van der Waals surface area contributed by atoms with Gasteiger partial charge in [-0.1, -0.05) is 49.6 Å². The van der Waals surface area contributed by atoms with Gasteiger partial charge in [-0.05, 0) is 32.9 Å². The number of Topliss-reactive ketones (excluding diaryl/α,β-unsaturated/α-hetero) is 1. The highest BCUT2D eigenvalue weighted by molar-refractivity contribution is 5.99. The summed E-state index contributed by atoms with van der Waals surface area (Å²) in [6.45, 7) is 4.19. The van der Waals surface area contributed by atoms with E-state index in [1.54, 1.807) is 0 Å². The lowest BCUT2D eigenvalue weighted by molar-refractivity contribution is 0.0826. The van der Waals surface area contributed by atoms with Crippen molar-refractivity contribution in [2.45, 2.75) is 45.1 Å². The first-order valence-electron chi connectivity index (χ1n) is 7.12. The van der Waals surface area contributed by atoms with Crippen LogP contribution in [0.3, 0.4) is 0 Å². The van der Waals surface area contributed by atoms with Crippen LogP contribution in [0, 0.1) is 0 Å². The van der Waals surface area contributed by atoms with Gasteiger partial charge in [0.2, 0.25) is 0 Å². The third-order valence-electron chi connectivity index (χ3n) is 3.88. The van der Waals surface area contributed by atoms with Crippen LogP contribution in [0.1, 0.15) is 49.4 Å². The maximum atomic E-state index is 12.4. The van der Waals surface area contributed by atoms with Crippen LogP contribution in [0.4, 0.5) is 0 Å². The lowest BCUT2D eigenvalue weighted by Gasteiger charge is -2.29. The molecule has 0 aliphatic carbocycles. The first-order chi connectivity index (χ1) is 8.79. The normalized spacial score (nSPS) is 19.8. The molecule has 1 heterocycles. The number of hydrogen-bond donors (Lipinski definition) is 0. The van der Waals surface area contributed by atoms with Crippen molar-refractivity contribution in [1.29, 1.82) is 0 Å². The Morgan fingerprint density at radius 2 is 1.56 bits per heavy atom. The third kappa shape index (κ3) is 3.42. The quantitative estimate of drug-likeness (QED) is 0.759. The average Bonchev–Trinajstić information content (AvgIpc) is 2.38. The van der Waals surface area contributed by atoms with E-state index < -0.39 is 0 Å². The Bertz CT molecular complexity index is 366. The summed E-state index contributed by atoms with van der Waals surface area (Å²) >= 11 is 0. The van der Waals surface area contributed by atoms with Crippen molar-refractivity contribution in [2.24, 2.45) is 0 Å². The van der Waals surface area contributed by atoms with E-state index in [2.05, 4.69) is 11.8 Å². The molecule has 1 unspecified atom stereocenters. The fraction of sp³-hybridized carbons (Fsp3) is 0.562. The van der Waals surface area contributed by atoms with E-state index in [1.165, 1.54) is 32.1 Å². The Labute approximate surface area is 110 Å². The summed E-state index contributed by atoms with van der Waals surface area (Å²) in [7, 11) is 0. The molecule has 1 saturated heterocycles. The molecule has 0 radical (unpaired) electrons. The van der Waals surface area contributed by atoms with Crippen molar-refractivity contribution >= 4 is 5.78 Å². The Morgan fingerprint density at radius 1 is 1.00 bits per heavy atom. The second kappa shape index (κ2) is 6.69. The summed E-state index contributed by atoms with van der Waals surface area (Å²) in [5, 5.41) is 0. The molecule has 1 aromatic carbocycles. The molecule has 1 fully saturated rings. The smallest absolute Gasteiger partial charge is 0.179 e. The van der Waals surface area contributed by atoms with Gasteiger partial charge in [-0.25, -0.2) is 0 Å². The van der Waals surface area contributed by atoms with Crippen LogP contribution >= 0.6 is 0 Å². The lowest BCUT2D eigenvalue weighted by Crippen LogP contribution is -2.40. The predicted molar refractivity (Wildman–Crippen MR) is 74.9 cm³/mol. The molecular formula is C16H23NO. The minimum absolute atomic E-state index is 0.0190. The number of nitrogens with zero attached hydrogens (tertiary/aromatic N) is 1. The first-order valence-corrected chi connectivity index (χ1v) is 7.12. The second-order valence-electron chi connectivity index (χ2n) is 5.21. The fourth-order valence-electron chi connectivity index (χ4n) is 2.67. The van der Waals surface area contributed by atoms with Crippen LogP contribution in [0.25, 0.3) is 0 Å². The Balaban J connectivity index is 2.00. The molecule has 0 N–H and O–H groups in total. The minimum Gasteiger partial charge on any atom is -0.294 e. The number of likely N-dealkylation sites (tertiary alicyclic amines) is 1. The summed E-state index contributed by atoms with van der Waals surface area (Å²) in [4.78, 5) is 14.8. The van der Waals surface area contributed by atoms with Crippen LogP contribution < -0.4 is 0 Å². The van der Waals surface area contributed by atoms with E-state index in [4.69, 9.17) is 0 Å². The fourth-order valence-corrected chi connectivity index (χ4v) is 2.67. The molecule has 2 heteroatoms. The van der Waals surface area contributed by atoms with Crippen molar-refractivity contribution in [3.05, 3.63) is 35.9 Å². The van der Waals surface area contributed by atoms with Gasteiger partial charge in [-0.15, -0.1) is 0 Å². The van der Waals surface area contributed by atoms with Gasteiger partial charge in [-0.3, -0.25) is 9.69 Å². The van der Waals surface area contributed by atoms with Crippen LogP contribution in [0.5, 0.6) is 0 Å². The molecule has 0 saturated carbocycles. The highest BCUT2D eigenvalue weighted by atomic mass is 16.1. The highest BCUT2D eigenvalue weighted by Gasteiger charge is 2.22. The number of carbonyl (C=O) groups is 1. The largest absolute Gasteiger partial charge is 0.294 e. The summed E-state index contributed by atoms with van der Waals surface area (Å²) in [5.74, 6) is 0.260. The van der Waals surface area contributed by atoms with E-state index in [-0.39, 0.29) is 11.8 Å². The second-order valence-corrected chi connectivity index (χ2v) is 5.21. The van der Waals surface area contributed by atoms with Gasteiger partial charge in [-0.2, -0.15) is 0 Å². The van der Waals surface area contributed by atoms with Crippen LogP contribution in [0.2, 0.25) is 0 Å². The van der Waals surface area contributed by atoms with E-state index >= 15 is 0 Å². The number of ketones is 1. The summed E-state index contributed by atoms with van der Waals surface area (Å²) < 4.78 is 0. The third-order valence-corrected chi connectivity index (χ3v) is 3.88. The Hall–Kier alpha value is -1.15. The summed E-state index contributed by atoms with van der Waals surface area (Å²) in [5.41, 5.74) is 0.840. The maximum Gasteiger partial charge on any atom is 0.179 e. The van der Waals surface area contributed by atoms with Crippen molar-refractivity contribution < 1.29 is 4.79 Å². The Morgan fingerprint density at radius 3 is 2.17 bits per heavy atom. The number of benzene rings is 1. The zero-order valence-corrected chi connectivity index (χ0v) is 11.3. The molecule has 18 heavy (non-hydrogen) atoms. The summed E-state index contributed by atoms with van der Waals surface area (Å²) in [6, 6.07) is 9.69. The minimum atomic E-state index is 0.0190. The van der Waals surface area contributed by atoms with Crippen molar-refractivity contribution in [2.75, 3.05) is 13.1 Å². The molecule has 2 nitrogen and oxygen atoms in total. The van der Waals surface area contributed by atoms with E-state index in [0.29, 0.717) is 0 Å². The zero-order valence-electron chi connectivity index (χ0n) is 11.3. The highest BCUT2D eigenvalue weighted by Crippen LogP contribution is 2.15. The van der Waals surface area contributed by atoms with E-state index in [1.807, 2.05) is 30.3 Å². The van der Waals surface area contributed by atoms with Gasteiger partial charge in [0.1, 0.15) is 0 Å². The van der Waals surface area contributed by atoms with E-state index in [0.717, 1.165) is 18.7 Å². The molecular weight excluding hydrogens is 222 g/mol. The lowest BCUT2D eigenvalue weighted by atomic mass is 10.0. The Kier molecular flexibility index (Phi) is 4.94. The zero-order chi connectivity index (χ0) is 12.8. The van der Waals surface area contributed by atoms with Crippen LogP contribution in [-0.4, -0.2) is 29.8 Å². The standard InChI is InChI=1S/C16H23NO/c1-14(16(18)15-10-6-5-7-11-15)17-12-8-3-2-4-9-13-17/h5-7,10-11,14H,2-4,8-9,12-13H2,1H3. The van der Waals surface area contributed by atoms with Crippen molar-refractivity contribution in [3.63, 3.8) is 0 Å². The van der Waals surface area contributed by atoms with Gasteiger partial charge in [0, 0.05) is 5.56 Å². The van der Waals surface area contributed by atoms with Crippen molar-refractivity contribution in [1.82, 2.24) is 4.90 Å². The molecule has 1 aliphatic heterocycles. The molecule has 0 aromatic heterocycles. The molecule has 1 aromatic rings. The number of hydrogen-bond acceptors (Lipinski definition) is 2. The molecule has 98 valence electrons. The molecule has 0 amide bonds.